The van der Waals surface area contributed by atoms with E-state index < -0.39 is 0 Å². The first-order valence-corrected chi connectivity index (χ1v) is 9.76. The lowest BCUT2D eigenvalue weighted by Gasteiger charge is -2.28. The summed E-state index contributed by atoms with van der Waals surface area (Å²) in [6.45, 7) is 10.2. The lowest BCUT2D eigenvalue weighted by molar-refractivity contribution is 0.0940. The van der Waals surface area contributed by atoms with E-state index in [1.807, 2.05) is 26.0 Å². The molecule has 6 heteroatoms. The summed E-state index contributed by atoms with van der Waals surface area (Å²) >= 11 is 5.93. The fourth-order valence-electron chi connectivity index (χ4n) is 3.15. The van der Waals surface area contributed by atoms with Crippen molar-refractivity contribution in [2.45, 2.75) is 46.7 Å². The van der Waals surface area contributed by atoms with Crippen LogP contribution in [0.5, 0.6) is 0 Å². The molecule has 0 saturated heterocycles. The van der Waals surface area contributed by atoms with Gasteiger partial charge in [-0.3, -0.25) is 9.36 Å². The standard InChI is InChI=1S/C22H26ClN3O2/c1-13(15-6-9-17(23)10-7-15)24-20(27)16-8-11-18-19(12-16)26(21(28)25-18)14(2)22(3,4)5/h6-14H,1-5H3,(H,24,27)(H,25,28)/t13-,14+/m0/s1. The molecule has 3 aromatic rings. The number of hydrogen-bond donors (Lipinski definition) is 2. The minimum Gasteiger partial charge on any atom is -0.346 e. The van der Waals surface area contributed by atoms with E-state index in [1.165, 1.54) is 0 Å². The summed E-state index contributed by atoms with van der Waals surface area (Å²) in [6, 6.07) is 12.5. The van der Waals surface area contributed by atoms with Gasteiger partial charge in [-0.05, 0) is 55.2 Å². The van der Waals surface area contributed by atoms with E-state index in [4.69, 9.17) is 11.6 Å². The summed E-state index contributed by atoms with van der Waals surface area (Å²) in [6.07, 6.45) is 0. The van der Waals surface area contributed by atoms with Crippen molar-refractivity contribution in [2.24, 2.45) is 5.41 Å². The fraction of sp³-hybridized carbons (Fsp3) is 0.364. The van der Waals surface area contributed by atoms with E-state index in [2.05, 4.69) is 31.1 Å². The Labute approximate surface area is 169 Å². The van der Waals surface area contributed by atoms with Gasteiger partial charge in [-0.25, -0.2) is 4.79 Å². The Bertz CT molecular complexity index is 1060. The molecule has 1 amide bonds. The highest BCUT2D eigenvalue weighted by molar-refractivity contribution is 6.30. The molecule has 148 valence electrons. The zero-order valence-corrected chi connectivity index (χ0v) is 17.6. The number of amides is 1. The minimum absolute atomic E-state index is 0.0277. The molecule has 0 aliphatic carbocycles. The van der Waals surface area contributed by atoms with Crippen LogP contribution in [-0.4, -0.2) is 15.5 Å². The number of rotatable bonds is 4. The normalized spacial score (nSPS) is 14.1. The summed E-state index contributed by atoms with van der Waals surface area (Å²) in [4.78, 5) is 28.2. The van der Waals surface area contributed by atoms with E-state index in [0.717, 1.165) is 16.6 Å². The summed E-state index contributed by atoms with van der Waals surface area (Å²) in [5, 5.41) is 3.66. The third-order valence-corrected chi connectivity index (χ3v) is 5.59. The average molecular weight is 400 g/mol. The monoisotopic (exact) mass is 399 g/mol. The molecule has 3 rings (SSSR count). The van der Waals surface area contributed by atoms with Crippen molar-refractivity contribution in [2.75, 3.05) is 0 Å². The molecule has 0 bridgehead atoms. The summed E-state index contributed by atoms with van der Waals surface area (Å²) in [7, 11) is 0. The zero-order chi connectivity index (χ0) is 20.6. The number of nitrogens with one attached hydrogen (secondary N) is 2. The highest BCUT2D eigenvalue weighted by Crippen LogP contribution is 2.31. The summed E-state index contributed by atoms with van der Waals surface area (Å²) < 4.78 is 1.73. The van der Waals surface area contributed by atoms with Gasteiger partial charge in [0.15, 0.2) is 0 Å². The summed E-state index contributed by atoms with van der Waals surface area (Å²) in [5.74, 6) is -0.187. The topological polar surface area (TPSA) is 66.9 Å². The van der Waals surface area contributed by atoms with Crippen LogP contribution >= 0.6 is 11.6 Å². The van der Waals surface area contributed by atoms with Crippen LogP contribution in [0.2, 0.25) is 5.02 Å². The number of aromatic nitrogens is 2. The number of benzene rings is 2. The predicted molar refractivity (Wildman–Crippen MR) is 114 cm³/mol. The van der Waals surface area contributed by atoms with Crippen LogP contribution in [0, 0.1) is 5.41 Å². The number of imidazole rings is 1. The molecule has 28 heavy (non-hydrogen) atoms. The fourth-order valence-corrected chi connectivity index (χ4v) is 3.28. The first kappa shape index (κ1) is 20.2. The van der Waals surface area contributed by atoms with Crippen molar-refractivity contribution in [1.82, 2.24) is 14.9 Å². The first-order chi connectivity index (χ1) is 13.1. The van der Waals surface area contributed by atoms with Gasteiger partial charge in [0.2, 0.25) is 0 Å². The van der Waals surface area contributed by atoms with Gasteiger partial charge >= 0.3 is 5.69 Å². The van der Waals surface area contributed by atoms with E-state index in [9.17, 15) is 9.59 Å². The van der Waals surface area contributed by atoms with Gasteiger partial charge in [0.05, 0.1) is 17.1 Å². The van der Waals surface area contributed by atoms with Crippen LogP contribution in [0.4, 0.5) is 0 Å². The number of fused-ring (bicyclic) bond motifs is 1. The second kappa shape index (κ2) is 7.47. The van der Waals surface area contributed by atoms with Gasteiger partial charge in [0.1, 0.15) is 0 Å². The molecule has 2 N–H and O–H groups in total. The Morgan fingerprint density at radius 1 is 1.11 bits per heavy atom. The quantitative estimate of drug-likeness (QED) is 0.642. The van der Waals surface area contributed by atoms with Crippen LogP contribution in [0.25, 0.3) is 11.0 Å². The number of halogens is 1. The maximum absolute atomic E-state index is 12.8. The number of carbonyl (C=O) groups excluding carboxylic acids is 1. The molecule has 2 atom stereocenters. The summed E-state index contributed by atoms with van der Waals surface area (Å²) in [5.41, 5.74) is 2.69. The van der Waals surface area contributed by atoms with Crippen LogP contribution < -0.4 is 11.0 Å². The predicted octanol–water partition coefficient (Wildman–Crippen LogP) is 5.08. The molecule has 0 aliphatic rings. The van der Waals surface area contributed by atoms with E-state index in [1.54, 1.807) is 34.9 Å². The Kier molecular flexibility index (Phi) is 5.39. The van der Waals surface area contributed by atoms with Crippen LogP contribution in [0.15, 0.2) is 47.3 Å². The van der Waals surface area contributed by atoms with Gasteiger partial charge in [0, 0.05) is 16.6 Å². The van der Waals surface area contributed by atoms with E-state index in [-0.39, 0.29) is 29.1 Å². The van der Waals surface area contributed by atoms with Crippen molar-refractivity contribution in [1.29, 1.82) is 0 Å². The van der Waals surface area contributed by atoms with Crippen molar-refractivity contribution >= 4 is 28.5 Å². The molecule has 0 unspecified atom stereocenters. The maximum atomic E-state index is 12.8. The lowest BCUT2D eigenvalue weighted by atomic mass is 9.88. The van der Waals surface area contributed by atoms with Crippen LogP contribution in [-0.2, 0) is 0 Å². The van der Waals surface area contributed by atoms with Gasteiger partial charge in [0.25, 0.3) is 5.91 Å². The van der Waals surface area contributed by atoms with E-state index >= 15 is 0 Å². The molecular weight excluding hydrogens is 374 g/mol. The largest absolute Gasteiger partial charge is 0.346 e. The molecular formula is C22H26ClN3O2. The van der Waals surface area contributed by atoms with Crippen molar-refractivity contribution in [3.63, 3.8) is 0 Å². The minimum atomic E-state index is -0.187. The Morgan fingerprint density at radius 3 is 2.36 bits per heavy atom. The number of aromatic amines is 1. The SMILES string of the molecule is C[C@H](NC(=O)c1ccc2[nH]c(=O)n([C@H](C)C(C)(C)C)c2c1)c1ccc(Cl)cc1. The van der Waals surface area contributed by atoms with Gasteiger partial charge in [-0.1, -0.05) is 44.5 Å². The van der Waals surface area contributed by atoms with Gasteiger partial charge < -0.3 is 10.3 Å². The Hall–Kier alpha value is -2.53. The molecule has 0 fully saturated rings. The smallest absolute Gasteiger partial charge is 0.326 e. The first-order valence-electron chi connectivity index (χ1n) is 9.38. The molecule has 0 aliphatic heterocycles. The Morgan fingerprint density at radius 2 is 1.75 bits per heavy atom. The Balaban J connectivity index is 1.92. The second-order valence-electron chi connectivity index (χ2n) is 8.32. The highest BCUT2D eigenvalue weighted by atomic mass is 35.5. The lowest BCUT2D eigenvalue weighted by Crippen LogP contribution is -2.29. The molecule has 1 aromatic heterocycles. The molecule has 1 heterocycles. The van der Waals surface area contributed by atoms with Gasteiger partial charge in [-0.15, -0.1) is 0 Å². The van der Waals surface area contributed by atoms with Gasteiger partial charge in [-0.2, -0.15) is 0 Å². The van der Waals surface area contributed by atoms with Crippen molar-refractivity contribution < 1.29 is 4.79 Å². The second-order valence-corrected chi connectivity index (χ2v) is 8.76. The third-order valence-electron chi connectivity index (χ3n) is 5.34. The van der Waals surface area contributed by atoms with E-state index in [0.29, 0.717) is 10.6 Å². The van der Waals surface area contributed by atoms with Crippen LogP contribution in [0.1, 0.15) is 62.6 Å². The molecule has 0 spiro atoms. The third kappa shape index (κ3) is 3.99. The van der Waals surface area contributed by atoms with Crippen molar-refractivity contribution in [3.05, 3.63) is 69.1 Å². The highest BCUT2D eigenvalue weighted by Gasteiger charge is 2.25. The average Bonchev–Trinajstić information content (AvgIpc) is 2.95. The van der Waals surface area contributed by atoms with Crippen LogP contribution in [0.3, 0.4) is 0 Å². The number of H-pyrrole nitrogens is 1. The zero-order valence-electron chi connectivity index (χ0n) is 16.8. The number of hydrogen-bond acceptors (Lipinski definition) is 2. The molecule has 0 radical (unpaired) electrons. The molecule has 2 aromatic carbocycles. The van der Waals surface area contributed by atoms with Crippen molar-refractivity contribution in [3.8, 4) is 0 Å². The number of nitrogens with zero attached hydrogens (tertiary/aromatic N) is 1. The maximum Gasteiger partial charge on any atom is 0.326 e. The molecule has 0 saturated carbocycles. The number of carbonyl (C=O) groups is 1. The molecule has 5 nitrogen and oxygen atoms in total.